The first-order chi connectivity index (χ1) is 6.83. The van der Waals surface area contributed by atoms with Crippen LogP contribution in [0, 0.1) is 11.3 Å². The highest BCUT2D eigenvalue weighted by molar-refractivity contribution is 9.10. The fourth-order valence-electron chi connectivity index (χ4n) is 0.732. The molecule has 0 aliphatic rings. The fourth-order valence-corrected chi connectivity index (χ4v) is 1.01. The molecule has 0 saturated carbocycles. The maximum atomic E-state index is 11.8. The van der Waals surface area contributed by atoms with Crippen molar-refractivity contribution in [2.45, 2.75) is 6.36 Å². The zero-order valence-corrected chi connectivity index (χ0v) is 8.43. The highest BCUT2D eigenvalue weighted by Crippen LogP contribution is 2.30. The lowest BCUT2D eigenvalue weighted by atomic mass is 10.3. The predicted octanol–water partition coefficient (Wildman–Crippen LogP) is 2.32. The number of aromatic nitrogens is 1. The summed E-state index contributed by atoms with van der Waals surface area (Å²) in [5, 5.41) is 17.5. The van der Waals surface area contributed by atoms with E-state index in [1.165, 1.54) is 6.07 Å². The van der Waals surface area contributed by atoms with E-state index >= 15 is 0 Å². The van der Waals surface area contributed by atoms with Gasteiger partial charge in [0, 0.05) is 6.07 Å². The highest BCUT2D eigenvalue weighted by Gasteiger charge is 2.33. The van der Waals surface area contributed by atoms with Crippen LogP contribution in [0.3, 0.4) is 0 Å². The molecule has 0 spiro atoms. The van der Waals surface area contributed by atoms with Crippen molar-refractivity contribution >= 4 is 15.9 Å². The molecule has 0 amide bonds. The van der Waals surface area contributed by atoms with E-state index in [4.69, 9.17) is 10.4 Å². The number of aromatic hydroxyl groups is 1. The van der Waals surface area contributed by atoms with Crippen LogP contribution in [0.25, 0.3) is 0 Å². The molecule has 0 aromatic carbocycles. The Balaban J connectivity index is 3.18. The maximum absolute atomic E-state index is 11.8. The lowest BCUT2D eigenvalue weighted by Gasteiger charge is -2.09. The summed E-state index contributed by atoms with van der Waals surface area (Å²) >= 11 is 2.70. The van der Waals surface area contributed by atoms with Crippen molar-refractivity contribution in [1.29, 1.82) is 5.26 Å². The molecule has 0 unspecified atom stereocenters. The van der Waals surface area contributed by atoms with Crippen molar-refractivity contribution in [3.05, 3.63) is 16.2 Å². The average Bonchev–Trinajstić information content (AvgIpc) is 2.08. The Morgan fingerprint density at radius 2 is 2.13 bits per heavy atom. The lowest BCUT2D eigenvalue weighted by molar-refractivity contribution is -0.276. The summed E-state index contributed by atoms with van der Waals surface area (Å²) in [4.78, 5) is 3.23. The third kappa shape index (κ3) is 2.99. The van der Waals surface area contributed by atoms with Crippen LogP contribution in [0.4, 0.5) is 13.2 Å². The second kappa shape index (κ2) is 3.94. The molecule has 1 rings (SSSR count). The molecule has 1 aromatic heterocycles. The standard InChI is InChI=1S/C7H2BrF3N2O2/c8-5-4(14)1-3(2-12)6(13-5)15-7(9,10)11/h1,14H. The van der Waals surface area contributed by atoms with E-state index in [1.54, 1.807) is 0 Å². The molecule has 1 aromatic rings. The Labute approximate surface area is 90.0 Å². The van der Waals surface area contributed by atoms with Crippen molar-refractivity contribution in [3.8, 4) is 17.7 Å². The van der Waals surface area contributed by atoms with Crippen molar-refractivity contribution in [3.63, 3.8) is 0 Å². The normalized spacial score (nSPS) is 10.9. The second-order valence-corrected chi connectivity index (χ2v) is 3.06. The van der Waals surface area contributed by atoms with Crippen LogP contribution in [-0.4, -0.2) is 16.5 Å². The van der Waals surface area contributed by atoms with Crippen LogP contribution in [0.1, 0.15) is 5.56 Å². The summed E-state index contributed by atoms with van der Waals surface area (Å²) < 4.78 is 38.8. The molecule has 0 fully saturated rings. The Hall–Kier alpha value is -1.49. The quantitative estimate of drug-likeness (QED) is 0.803. The molecule has 1 heterocycles. The number of rotatable bonds is 1. The molecule has 15 heavy (non-hydrogen) atoms. The SMILES string of the molecule is N#Cc1cc(O)c(Br)nc1OC(F)(F)F. The summed E-state index contributed by atoms with van der Waals surface area (Å²) in [6.45, 7) is 0. The molecular weight excluding hydrogens is 281 g/mol. The van der Waals surface area contributed by atoms with Gasteiger partial charge in [0.1, 0.15) is 17.4 Å². The minimum Gasteiger partial charge on any atom is -0.505 e. The molecule has 80 valence electrons. The van der Waals surface area contributed by atoms with Crippen molar-refractivity contribution in [2.24, 2.45) is 0 Å². The summed E-state index contributed by atoms with van der Waals surface area (Å²) in [6, 6.07) is 2.24. The van der Waals surface area contributed by atoms with Crippen LogP contribution < -0.4 is 4.74 Å². The van der Waals surface area contributed by atoms with Gasteiger partial charge in [-0.2, -0.15) is 5.26 Å². The number of nitrogens with zero attached hydrogens (tertiary/aromatic N) is 2. The van der Waals surface area contributed by atoms with Gasteiger partial charge in [0.15, 0.2) is 4.60 Å². The molecule has 1 N–H and O–H groups in total. The lowest BCUT2D eigenvalue weighted by Crippen LogP contribution is -2.18. The van der Waals surface area contributed by atoms with Crippen molar-refractivity contribution in [1.82, 2.24) is 4.98 Å². The van der Waals surface area contributed by atoms with E-state index < -0.39 is 23.6 Å². The molecule has 0 aliphatic heterocycles. The first-order valence-electron chi connectivity index (χ1n) is 3.39. The number of halogens is 4. The van der Waals surface area contributed by atoms with E-state index in [2.05, 4.69) is 25.7 Å². The van der Waals surface area contributed by atoms with Gasteiger partial charge in [0.2, 0.25) is 5.88 Å². The summed E-state index contributed by atoms with van der Waals surface area (Å²) in [5.41, 5.74) is -0.506. The Kier molecular flexibility index (Phi) is 3.04. The number of nitriles is 1. The molecular formula is C7H2BrF3N2O2. The molecule has 8 heteroatoms. The Bertz CT molecular complexity index is 427. The third-order valence-electron chi connectivity index (χ3n) is 1.26. The summed E-state index contributed by atoms with van der Waals surface area (Å²) in [6.07, 6.45) is -4.94. The fraction of sp³-hybridized carbons (Fsp3) is 0.143. The number of alkyl halides is 3. The van der Waals surface area contributed by atoms with E-state index in [1.807, 2.05) is 0 Å². The molecule has 0 radical (unpaired) electrons. The maximum Gasteiger partial charge on any atom is 0.574 e. The van der Waals surface area contributed by atoms with Crippen molar-refractivity contribution < 1.29 is 23.0 Å². The van der Waals surface area contributed by atoms with Crippen LogP contribution >= 0.6 is 15.9 Å². The first-order valence-corrected chi connectivity index (χ1v) is 4.18. The summed E-state index contributed by atoms with van der Waals surface area (Å²) in [7, 11) is 0. The third-order valence-corrected chi connectivity index (χ3v) is 1.84. The van der Waals surface area contributed by atoms with Gasteiger partial charge in [-0.25, -0.2) is 4.98 Å². The van der Waals surface area contributed by atoms with Crippen LogP contribution in [-0.2, 0) is 0 Å². The monoisotopic (exact) mass is 282 g/mol. The van der Waals surface area contributed by atoms with Gasteiger partial charge < -0.3 is 9.84 Å². The van der Waals surface area contributed by atoms with Gasteiger partial charge >= 0.3 is 6.36 Å². The Morgan fingerprint density at radius 3 is 2.60 bits per heavy atom. The van der Waals surface area contributed by atoms with Gasteiger partial charge in [-0.15, -0.1) is 13.2 Å². The average molecular weight is 283 g/mol. The van der Waals surface area contributed by atoms with Gasteiger partial charge in [-0.05, 0) is 15.9 Å². The van der Waals surface area contributed by atoms with Gasteiger partial charge in [-0.1, -0.05) is 0 Å². The first kappa shape index (κ1) is 11.6. The van der Waals surface area contributed by atoms with E-state index in [-0.39, 0.29) is 4.60 Å². The largest absolute Gasteiger partial charge is 0.574 e. The zero-order chi connectivity index (χ0) is 11.6. The van der Waals surface area contributed by atoms with Gasteiger partial charge in [-0.3, -0.25) is 0 Å². The van der Waals surface area contributed by atoms with Gasteiger partial charge in [0.05, 0.1) is 0 Å². The number of ether oxygens (including phenoxy) is 1. The van der Waals surface area contributed by atoms with Crippen LogP contribution in [0.15, 0.2) is 10.7 Å². The molecule has 0 aliphatic carbocycles. The molecule has 0 bridgehead atoms. The van der Waals surface area contributed by atoms with Gasteiger partial charge in [0.25, 0.3) is 0 Å². The summed E-state index contributed by atoms with van der Waals surface area (Å²) in [5.74, 6) is -1.35. The Morgan fingerprint density at radius 1 is 1.53 bits per heavy atom. The van der Waals surface area contributed by atoms with E-state index in [0.29, 0.717) is 0 Å². The topological polar surface area (TPSA) is 66.1 Å². The van der Waals surface area contributed by atoms with Crippen LogP contribution in [0.5, 0.6) is 11.6 Å². The molecule has 0 saturated heterocycles. The van der Waals surface area contributed by atoms with E-state index in [9.17, 15) is 13.2 Å². The number of hydrogen-bond acceptors (Lipinski definition) is 4. The van der Waals surface area contributed by atoms with E-state index in [0.717, 1.165) is 6.07 Å². The molecule has 0 atom stereocenters. The second-order valence-electron chi connectivity index (χ2n) is 2.31. The minimum absolute atomic E-state index is 0.235. The number of hydrogen-bond donors (Lipinski definition) is 1. The molecule has 4 nitrogen and oxygen atoms in total. The smallest absolute Gasteiger partial charge is 0.505 e. The predicted molar refractivity (Wildman–Crippen MR) is 45.0 cm³/mol. The zero-order valence-electron chi connectivity index (χ0n) is 6.84. The number of pyridine rings is 1. The van der Waals surface area contributed by atoms with Crippen LogP contribution in [0.2, 0.25) is 0 Å². The highest BCUT2D eigenvalue weighted by atomic mass is 79.9. The minimum atomic E-state index is -4.94. The van der Waals surface area contributed by atoms with Crippen molar-refractivity contribution in [2.75, 3.05) is 0 Å².